The van der Waals surface area contributed by atoms with Crippen LogP contribution >= 0.6 is 7.60 Å². The Balaban J connectivity index is 2.16. The first-order valence-electron chi connectivity index (χ1n) is 4.83. The Labute approximate surface area is 99.7 Å². The van der Waals surface area contributed by atoms with Gasteiger partial charge in [-0.3, -0.25) is 4.57 Å². The second-order valence-corrected chi connectivity index (χ2v) is 5.12. The SMILES string of the molecule is O=P(O)(O)c1cn2cc(-c3nnn[nH]3)ccc2n1. The van der Waals surface area contributed by atoms with E-state index in [1.165, 1.54) is 10.6 Å². The summed E-state index contributed by atoms with van der Waals surface area (Å²) in [6.07, 6.45) is 2.91. The lowest BCUT2D eigenvalue weighted by Gasteiger charge is -1.96. The number of nitrogens with one attached hydrogen (secondary N) is 1. The molecule has 0 aliphatic rings. The van der Waals surface area contributed by atoms with Gasteiger partial charge in [-0.05, 0) is 22.6 Å². The summed E-state index contributed by atoms with van der Waals surface area (Å²) in [4.78, 5) is 21.9. The lowest BCUT2D eigenvalue weighted by atomic mass is 10.3. The zero-order chi connectivity index (χ0) is 12.8. The van der Waals surface area contributed by atoms with Gasteiger partial charge in [0.25, 0.3) is 0 Å². The fourth-order valence-electron chi connectivity index (χ4n) is 1.54. The first-order valence-corrected chi connectivity index (χ1v) is 6.44. The second-order valence-electron chi connectivity index (χ2n) is 3.58. The van der Waals surface area contributed by atoms with Gasteiger partial charge in [-0.25, -0.2) is 10.1 Å². The summed E-state index contributed by atoms with van der Waals surface area (Å²) in [6, 6.07) is 3.32. The van der Waals surface area contributed by atoms with Crippen molar-refractivity contribution in [3.63, 3.8) is 0 Å². The Morgan fingerprint density at radius 3 is 2.78 bits per heavy atom. The summed E-state index contributed by atoms with van der Waals surface area (Å²) in [6.45, 7) is 0. The van der Waals surface area contributed by atoms with Gasteiger partial charge in [0.15, 0.2) is 11.3 Å². The van der Waals surface area contributed by atoms with Crippen molar-refractivity contribution in [3.05, 3.63) is 24.5 Å². The zero-order valence-electron chi connectivity index (χ0n) is 8.80. The van der Waals surface area contributed by atoms with E-state index in [1.54, 1.807) is 18.3 Å². The molecule has 0 spiro atoms. The van der Waals surface area contributed by atoms with E-state index in [1.807, 2.05) is 0 Å². The van der Waals surface area contributed by atoms with Crippen molar-refractivity contribution in [2.75, 3.05) is 0 Å². The van der Waals surface area contributed by atoms with Crippen LogP contribution in [0.3, 0.4) is 0 Å². The summed E-state index contributed by atoms with van der Waals surface area (Å²) in [5.74, 6) is 0.461. The molecule has 0 bridgehead atoms. The zero-order valence-corrected chi connectivity index (χ0v) is 9.69. The van der Waals surface area contributed by atoms with Crippen LogP contribution in [0.1, 0.15) is 0 Å². The summed E-state index contributed by atoms with van der Waals surface area (Å²) >= 11 is 0. The summed E-state index contributed by atoms with van der Waals surface area (Å²) < 4.78 is 12.6. The van der Waals surface area contributed by atoms with Crippen molar-refractivity contribution < 1.29 is 14.4 Å². The average molecular weight is 266 g/mol. The van der Waals surface area contributed by atoms with Gasteiger partial charge in [0.2, 0.25) is 0 Å². The van der Waals surface area contributed by atoms with E-state index < -0.39 is 7.60 Å². The fraction of sp³-hybridized carbons (Fsp3) is 0. The van der Waals surface area contributed by atoms with Crippen molar-refractivity contribution in [1.29, 1.82) is 0 Å². The highest BCUT2D eigenvalue weighted by atomic mass is 31.2. The molecular formula is C8H7N6O3P. The highest BCUT2D eigenvalue weighted by molar-refractivity contribution is 7.60. The lowest BCUT2D eigenvalue weighted by Crippen LogP contribution is -2.03. The average Bonchev–Trinajstić information content (AvgIpc) is 2.96. The third-order valence-corrected chi connectivity index (χ3v) is 3.17. The van der Waals surface area contributed by atoms with Crippen LogP contribution in [0.4, 0.5) is 0 Å². The van der Waals surface area contributed by atoms with Gasteiger partial charge >= 0.3 is 7.60 Å². The quantitative estimate of drug-likeness (QED) is 0.524. The number of H-pyrrole nitrogens is 1. The fourth-order valence-corrected chi connectivity index (χ4v) is 2.05. The molecule has 0 aromatic carbocycles. The van der Waals surface area contributed by atoms with Crippen LogP contribution in [0.2, 0.25) is 0 Å². The maximum Gasteiger partial charge on any atom is 0.376 e. The summed E-state index contributed by atoms with van der Waals surface area (Å²) in [5.41, 5.74) is 0.849. The molecule has 0 aliphatic carbocycles. The van der Waals surface area contributed by atoms with Crippen LogP contribution in [0.15, 0.2) is 24.5 Å². The number of hydrogen-bond acceptors (Lipinski definition) is 5. The predicted molar refractivity (Wildman–Crippen MR) is 60.0 cm³/mol. The molecule has 3 rings (SSSR count). The molecule has 9 nitrogen and oxygen atoms in total. The smallest absolute Gasteiger partial charge is 0.320 e. The molecule has 0 radical (unpaired) electrons. The number of rotatable bonds is 2. The minimum Gasteiger partial charge on any atom is -0.320 e. The van der Waals surface area contributed by atoms with Gasteiger partial charge in [0.1, 0.15) is 5.65 Å². The number of imidazole rings is 1. The standard InChI is InChI=1S/C8H7N6O3P/c15-18(16,17)7-4-14-3-5(1-2-6(14)9-7)8-10-12-13-11-8/h1-4H,(H2,15,16,17)(H,10,11,12,13). The van der Waals surface area contributed by atoms with Crippen molar-refractivity contribution in [1.82, 2.24) is 30.0 Å². The molecule has 0 aliphatic heterocycles. The van der Waals surface area contributed by atoms with Gasteiger partial charge in [0, 0.05) is 18.0 Å². The molecule has 3 heterocycles. The second kappa shape index (κ2) is 3.70. The number of fused-ring (bicyclic) bond motifs is 1. The van der Waals surface area contributed by atoms with Crippen molar-refractivity contribution in [3.8, 4) is 11.4 Å². The molecule has 3 aromatic heterocycles. The normalized spacial score (nSPS) is 12.1. The Hall–Kier alpha value is -2.09. The van der Waals surface area contributed by atoms with Crippen LogP contribution in [-0.4, -0.2) is 39.8 Å². The largest absolute Gasteiger partial charge is 0.376 e. The Kier molecular flexibility index (Phi) is 2.27. The Bertz CT molecular complexity index is 745. The van der Waals surface area contributed by atoms with E-state index in [9.17, 15) is 4.57 Å². The lowest BCUT2D eigenvalue weighted by molar-refractivity contribution is 0.386. The molecule has 92 valence electrons. The molecule has 3 N–H and O–H groups in total. The maximum absolute atomic E-state index is 11.1. The Morgan fingerprint density at radius 2 is 2.11 bits per heavy atom. The van der Waals surface area contributed by atoms with E-state index in [-0.39, 0.29) is 5.44 Å². The molecule has 0 saturated carbocycles. The van der Waals surface area contributed by atoms with Gasteiger partial charge in [-0.1, -0.05) is 0 Å². The van der Waals surface area contributed by atoms with Crippen molar-refractivity contribution in [2.24, 2.45) is 0 Å². The predicted octanol–water partition coefficient (Wildman–Crippen LogP) is -0.683. The highest BCUT2D eigenvalue weighted by Crippen LogP contribution is 2.32. The third kappa shape index (κ3) is 1.80. The van der Waals surface area contributed by atoms with Gasteiger partial charge < -0.3 is 14.2 Å². The van der Waals surface area contributed by atoms with Crippen LogP contribution in [0.25, 0.3) is 17.0 Å². The molecule has 0 fully saturated rings. The molecular weight excluding hydrogens is 259 g/mol. The molecule has 0 unspecified atom stereocenters. The summed E-state index contributed by atoms with van der Waals surface area (Å²) in [7, 11) is -4.35. The van der Waals surface area contributed by atoms with E-state index in [0.717, 1.165) is 0 Å². The van der Waals surface area contributed by atoms with Crippen LogP contribution < -0.4 is 5.44 Å². The number of hydrogen-bond donors (Lipinski definition) is 3. The first-order chi connectivity index (χ1) is 8.54. The Morgan fingerprint density at radius 1 is 1.28 bits per heavy atom. The number of tetrazole rings is 1. The molecule has 3 aromatic rings. The molecule has 18 heavy (non-hydrogen) atoms. The maximum atomic E-state index is 11.1. The van der Waals surface area contributed by atoms with Gasteiger partial charge in [-0.2, -0.15) is 0 Å². The first kappa shape index (κ1) is 11.0. The minimum absolute atomic E-state index is 0.268. The van der Waals surface area contributed by atoms with Crippen molar-refractivity contribution in [2.45, 2.75) is 0 Å². The van der Waals surface area contributed by atoms with Crippen LogP contribution in [-0.2, 0) is 4.57 Å². The van der Waals surface area contributed by atoms with E-state index in [4.69, 9.17) is 9.79 Å². The van der Waals surface area contributed by atoms with Gasteiger partial charge in [-0.15, -0.1) is 5.10 Å². The number of nitrogens with zero attached hydrogens (tertiary/aromatic N) is 5. The van der Waals surface area contributed by atoms with Crippen LogP contribution in [0.5, 0.6) is 0 Å². The minimum atomic E-state index is -4.35. The van der Waals surface area contributed by atoms with E-state index in [0.29, 0.717) is 17.0 Å². The molecule has 10 heteroatoms. The monoisotopic (exact) mass is 266 g/mol. The number of aromatic amines is 1. The molecule has 0 atom stereocenters. The molecule has 0 saturated heterocycles. The third-order valence-electron chi connectivity index (χ3n) is 2.36. The van der Waals surface area contributed by atoms with Crippen molar-refractivity contribution >= 4 is 18.7 Å². The highest BCUT2D eigenvalue weighted by Gasteiger charge is 2.21. The van der Waals surface area contributed by atoms with E-state index in [2.05, 4.69) is 25.6 Å². The number of pyridine rings is 1. The van der Waals surface area contributed by atoms with Crippen LogP contribution in [0, 0.1) is 0 Å². The van der Waals surface area contributed by atoms with Gasteiger partial charge in [0.05, 0.1) is 0 Å². The number of aromatic nitrogens is 6. The topological polar surface area (TPSA) is 129 Å². The summed E-state index contributed by atoms with van der Waals surface area (Å²) in [5, 5.41) is 13.2. The molecule has 0 amide bonds. The van der Waals surface area contributed by atoms with E-state index >= 15 is 0 Å².